The summed E-state index contributed by atoms with van der Waals surface area (Å²) in [4.78, 5) is 10.4. The molecule has 1 heterocycles. The van der Waals surface area contributed by atoms with Gasteiger partial charge in [-0.05, 0) is 59.1 Å². The van der Waals surface area contributed by atoms with Crippen LogP contribution in [-0.2, 0) is 36.7 Å². The molecule has 0 spiro atoms. The van der Waals surface area contributed by atoms with Gasteiger partial charge in [-0.2, -0.15) is 0 Å². The molecule has 4 nitrogen and oxygen atoms in total. The summed E-state index contributed by atoms with van der Waals surface area (Å²) in [5.41, 5.74) is 6.22. The van der Waals surface area contributed by atoms with E-state index in [1.54, 1.807) is 0 Å². The summed E-state index contributed by atoms with van der Waals surface area (Å²) < 4.78 is 23.8. The molecule has 1 aliphatic heterocycles. The van der Waals surface area contributed by atoms with Crippen molar-refractivity contribution in [3.8, 4) is 11.5 Å². The predicted molar refractivity (Wildman–Crippen MR) is 104 cm³/mol. The Labute approximate surface area is 155 Å². The minimum absolute atomic E-state index is 0.501. The first-order chi connectivity index (χ1) is 12.4. The average Bonchev–Trinajstić information content (AvgIpc) is 2.62. The first-order valence-corrected chi connectivity index (χ1v) is 10.9. The average molecular weight is 374 g/mol. The molecule has 26 heavy (non-hydrogen) atoms. The lowest BCUT2D eigenvalue weighted by atomic mass is 9.93. The van der Waals surface area contributed by atoms with E-state index < -0.39 is 7.82 Å². The Hall–Kier alpha value is -1.77. The minimum Gasteiger partial charge on any atom is -0.395 e. The van der Waals surface area contributed by atoms with Gasteiger partial charge >= 0.3 is 7.82 Å². The molecule has 5 heteroatoms. The summed E-state index contributed by atoms with van der Waals surface area (Å²) in [5, 5.41) is 0. The molecule has 1 aliphatic rings. The lowest BCUT2D eigenvalue weighted by molar-refractivity contribution is 0.285. The number of fused-ring (bicyclic) bond motifs is 2. The number of hydrogen-bond donors (Lipinski definition) is 1. The first kappa shape index (κ1) is 19.0. The molecule has 2 aromatic carbocycles. The molecule has 0 aliphatic carbocycles. The highest BCUT2D eigenvalue weighted by atomic mass is 31.2. The van der Waals surface area contributed by atoms with E-state index in [0.717, 1.165) is 47.9 Å². The van der Waals surface area contributed by atoms with Gasteiger partial charge in [0.15, 0.2) is 0 Å². The third-order valence-corrected chi connectivity index (χ3v) is 5.80. The second-order valence-corrected chi connectivity index (χ2v) is 8.03. The number of benzene rings is 2. The third kappa shape index (κ3) is 3.67. The fourth-order valence-corrected chi connectivity index (χ4v) is 4.51. The van der Waals surface area contributed by atoms with Gasteiger partial charge < -0.3 is 9.05 Å². The molecule has 3 rings (SSSR count). The van der Waals surface area contributed by atoms with Crippen LogP contribution in [0.4, 0.5) is 0 Å². The number of aryl methyl sites for hydroxylation is 4. The first-order valence-electron chi connectivity index (χ1n) is 9.42. The van der Waals surface area contributed by atoms with E-state index in [1.807, 2.05) is 13.8 Å². The Morgan fingerprint density at radius 1 is 0.808 bits per heavy atom. The molecule has 0 radical (unpaired) electrons. The highest BCUT2D eigenvalue weighted by Crippen LogP contribution is 2.51. The van der Waals surface area contributed by atoms with Crippen molar-refractivity contribution in [3.05, 3.63) is 57.6 Å². The molecule has 0 aromatic heterocycles. The topological polar surface area (TPSA) is 55.8 Å². The Bertz CT molecular complexity index is 805. The fourth-order valence-electron chi connectivity index (χ4n) is 3.54. The smallest absolute Gasteiger partial charge is 0.395 e. The van der Waals surface area contributed by atoms with Gasteiger partial charge in [-0.3, -0.25) is 4.89 Å². The maximum Gasteiger partial charge on any atom is 0.584 e. The van der Waals surface area contributed by atoms with Crippen molar-refractivity contribution < 1.29 is 18.5 Å². The van der Waals surface area contributed by atoms with Crippen LogP contribution in [0.15, 0.2) is 24.3 Å². The molecular weight excluding hydrogens is 347 g/mol. The lowest BCUT2D eigenvalue weighted by Gasteiger charge is -2.26. The quantitative estimate of drug-likeness (QED) is 0.728. The van der Waals surface area contributed by atoms with Crippen molar-refractivity contribution >= 4 is 7.82 Å². The van der Waals surface area contributed by atoms with Crippen molar-refractivity contribution in [2.45, 2.75) is 59.8 Å². The number of rotatable bonds is 4. The van der Waals surface area contributed by atoms with E-state index in [4.69, 9.17) is 9.05 Å². The van der Waals surface area contributed by atoms with E-state index in [1.165, 1.54) is 11.1 Å². The maximum absolute atomic E-state index is 12.7. The second kappa shape index (κ2) is 7.46. The standard InChI is InChI=1S/C21H27O4P/c1-5-14-9-16(7-3)20-18(11-14)13-19-12-15(6-2)10-17(8-4)21(19)25-26(22,23)24-20/h9-12H,5-8,13H2,1-4H3,(H,22,23). The molecule has 0 saturated carbocycles. The fraction of sp³-hybridized carbons (Fsp3) is 0.429. The van der Waals surface area contributed by atoms with Crippen molar-refractivity contribution in [3.63, 3.8) is 0 Å². The van der Waals surface area contributed by atoms with Crippen molar-refractivity contribution in [2.75, 3.05) is 0 Å². The van der Waals surface area contributed by atoms with E-state index in [-0.39, 0.29) is 0 Å². The van der Waals surface area contributed by atoms with Crippen molar-refractivity contribution in [1.29, 1.82) is 0 Å². The highest BCUT2D eigenvalue weighted by Gasteiger charge is 2.32. The molecule has 2 aromatic rings. The second-order valence-electron chi connectivity index (χ2n) is 6.73. The van der Waals surface area contributed by atoms with Crippen LogP contribution < -0.4 is 9.05 Å². The predicted octanol–water partition coefficient (Wildman–Crippen LogP) is 5.40. The van der Waals surface area contributed by atoms with Crippen LogP contribution in [0.5, 0.6) is 11.5 Å². The summed E-state index contributed by atoms with van der Waals surface area (Å²) in [7, 11) is -4.25. The highest BCUT2D eigenvalue weighted by molar-refractivity contribution is 7.48. The van der Waals surface area contributed by atoms with Gasteiger partial charge in [0.1, 0.15) is 11.5 Å². The van der Waals surface area contributed by atoms with Crippen LogP contribution in [0, 0.1) is 0 Å². The summed E-state index contributed by atoms with van der Waals surface area (Å²) in [6.45, 7) is 8.28. The van der Waals surface area contributed by atoms with Crippen molar-refractivity contribution in [1.82, 2.24) is 0 Å². The number of phosphoric acid groups is 1. The minimum atomic E-state index is -4.25. The van der Waals surface area contributed by atoms with Crippen LogP contribution in [0.3, 0.4) is 0 Å². The molecule has 0 fully saturated rings. The third-order valence-electron chi connectivity index (χ3n) is 4.98. The number of hydrogen-bond acceptors (Lipinski definition) is 3. The maximum atomic E-state index is 12.7. The van der Waals surface area contributed by atoms with Gasteiger partial charge in [0.2, 0.25) is 0 Å². The summed E-state index contributed by atoms with van der Waals surface area (Å²) in [6, 6.07) is 8.30. The van der Waals surface area contributed by atoms with E-state index >= 15 is 0 Å². The molecular formula is C21H27O4P. The van der Waals surface area contributed by atoms with Crippen LogP contribution in [0.1, 0.15) is 61.1 Å². The molecule has 0 bridgehead atoms. The Morgan fingerprint density at radius 2 is 1.23 bits per heavy atom. The van der Waals surface area contributed by atoms with E-state index in [2.05, 4.69) is 38.1 Å². The van der Waals surface area contributed by atoms with Gasteiger partial charge in [0.05, 0.1) is 0 Å². The number of phosphoric ester groups is 1. The normalized spacial score (nSPS) is 15.1. The lowest BCUT2D eigenvalue weighted by Crippen LogP contribution is -2.11. The van der Waals surface area contributed by atoms with Gasteiger partial charge in [-0.1, -0.05) is 52.0 Å². The zero-order chi connectivity index (χ0) is 18.9. The van der Waals surface area contributed by atoms with Gasteiger partial charge in [-0.15, -0.1) is 0 Å². The van der Waals surface area contributed by atoms with E-state index in [0.29, 0.717) is 17.9 Å². The van der Waals surface area contributed by atoms with Gasteiger partial charge in [0.25, 0.3) is 0 Å². The van der Waals surface area contributed by atoms with Gasteiger partial charge in [0, 0.05) is 6.42 Å². The van der Waals surface area contributed by atoms with Crippen LogP contribution in [0.2, 0.25) is 0 Å². The summed E-state index contributed by atoms with van der Waals surface area (Å²) in [5.74, 6) is 1.00. The Kier molecular flexibility index (Phi) is 5.45. The molecule has 0 saturated heterocycles. The zero-order valence-corrected chi connectivity index (χ0v) is 16.9. The van der Waals surface area contributed by atoms with Crippen LogP contribution >= 0.6 is 7.82 Å². The molecule has 0 amide bonds. The van der Waals surface area contributed by atoms with Gasteiger partial charge in [-0.25, -0.2) is 4.57 Å². The largest absolute Gasteiger partial charge is 0.584 e. The van der Waals surface area contributed by atoms with Crippen LogP contribution in [0.25, 0.3) is 0 Å². The summed E-state index contributed by atoms with van der Waals surface area (Å²) in [6.07, 6.45) is 3.92. The Balaban J connectivity index is 2.26. The molecule has 140 valence electrons. The SMILES string of the molecule is CCc1cc(CC)c2c(c1)Cc1cc(CC)cc(CC)c1OP(=O)(O)O2. The molecule has 0 unspecified atom stereocenters. The van der Waals surface area contributed by atoms with Crippen molar-refractivity contribution in [2.24, 2.45) is 0 Å². The molecule has 1 N–H and O–H groups in total. The zero-order valence-electron chi connectivity index (χ0n) is 16.0. The van der Waals surface area contributed by atoms with Crippen LogP contribution in [-0.4, -0.2) is 4.89 Å². The Morgan fingerprint density at radius 3 is 1.58 bits per heavy atom. The monoisotopic (exact) mass is 374 g/mol. The van der Waals surface area contributed by atoms with E-state index in [9.17, 15) is 9.46 Å². The summed E-state index contributed by atoms with van der Waals surface area (Å²) >= 11 is 0. The molecule has 0 atom stereocenters.